The maximum atomic E-state index is 15.5. The third-order valence-corrected chi connectivity index (χ3v) is 11.5. The summed E-state index contributed by atoms with van der Waals surface area (Å²) in [5, 5.41) is 15.8. The van der Waals surface area contributed by atoms with Gasteiger partial charge in [-0.3, -0.25) is 9.59 Å². The number of anilines is 1. The van der Waals surface area contributed by atoms with Crippen LogP contribution in [0, 0.1) is 5.92 Å². The van der Waals surface area contributed by atoms with Gasteiger partial charge in [-0.25, -0.2) is 5.01 Å². The number of ether oxygens (including phenoxy) is 1. The zero-order valence-electron chi connectivity index (χ0n) is 24.3. The number of aliphatic hydroxyl groups excluding tert-OH is 1. The minimum Gasteiger partial charge on any atom is -0.394 e. The molecule has 2 aromatic carbocycles. The predicted octanol–water partition coefficient (Wildman–Crippen LogP) is 5.47. The Bertz CT molecular complexity index is 1250. The summed E-state index contributed by atoms with van der Waals surface area (Å²) in [4.78, 5) is 27.5. The Morgan fingerprint density at radius 3 is 2.51 bits per heavy atom. The van der Waals surface area contributed by atoms with Crippen LogP contribution in [0.2, 0.25) is 18.6 Å². The second-order valence-electron chi connectivity index (χ2n) is 12.3. The van der Waals surface area contributed by atoms with E-state index in [1.54, 1.807) is 18.0 Å². The van der Waals surface area contributed by atoms with Crippen molar-refractivity contribution in [2.24, 2.45) is 11.0 Å². The summed E-state index contributed by atoms with van der Waals surface area (Å²) in [6.07, 6.45) is 3.84. The van der Waals surface area contributed by atoms with Gasteiger partial charge in [-0.05, 0) is 68.0 Å². The molecule has 0 saturated carbocycles. The van der Waals surface area contributed by atoms with Gasteiger partial charge in [0.1, 0.15) is 0 Å². The molecule has 41 heavy (non-hydrogen) atoms. The fourth-order valence-corrected chi connectivity index (χ4v) is 9.47. The number of halogens is 1. The number of benzene rings is 2. The van der Waals surface area contributed by atoms with E-state index in [-0.39, 0.29) is 48.4 Å². The van der Waals surface area contributed by atoms with E-state index < -0.39 is 14.5 Å². The number of aryl methyl sites for hydroxylation is 1. The number of aliphatic hydroxyl groups is 1. The number of carbonyl (C=O) groups excluding carboxylic acids is 2. The first-order valence-electron chi connectivity index (χ1n) is 14.9. The largest absolute Gasteiger partial charge is 0.394 e. The Labute approximate surface area is 243 Å². The van der Waals surface area contributed by atoms with Crippen molar-refractivity contribution in [3.05, 3.63) is 65.7 Å². The third kappa shape index (κ3) is 6.63. The van der Waals surface area contributed by atoms with Gasteiger partial charge in [0.25, 0.3) is 0 Å². The molecule has 3 aliphatic rings. The minimum absolute atomic E-state index is 0.0164. The van der Waals surface area contributed by atoms with Crippen molar-refractivity contribution in [3.8, 4) is 0 Å². The highest BCUT2D eigenvalue weighted by Crippen LogP contribution is 2.47. The summed E-state index contributed by atoms with van der Waals surface area (Å²) in [6.45, 7) is 6.11. The molecule has 2 saturated heterocycles. The predicted molar refractivity (Wildman–Crippen MR) is 161 cm³/mol. The number of hydrogen-bond acceptors (Lipinski definition) is 5. The third-order valence-electron chi connectivity index (χ3n) is 9.02. The van der Waals surface area contributed by atoms with Gasteiger partial charge in [0.15, 0.2) is 0 Å². The quantitative estimate of drug-likeness (QED) is 0.316. The summed E-state index contributed by atoms with van der Waals surface area (Å²) in [5.74, 6) is -0.0410. The van der Waals surface area contributed by atoms with Crippen molar-refractivity contribution in [2.45, 2.75) is 88.8 Å². The minimum atomic E-state index is -3.09. The van der Waals surface area contributed by atoms with E-state index in [0.717, 1.165) is 48.2 Å². The maximum Gasteiger partial charge on any atom is 0.247 e. The molecule has 5 rings (SSSR count). The molecule has 0 spiro atoms. The normalized spacial score (nSPS) is 26.9. The summed E-state index contributed by atoms with van der Waals surface area (Å²) in [6, 6.07) is 17.7. The number of likely N-dealkylation sites (tertiary alicyclic amines) is 1. The summed E-state index contributed by atoms with van der Waals surface area (Å²) in [5.41, 5.74) is 3.52. The lowest BCUT2D eigenvalue weighted by molar-refractivity contribution is -0.135. The van der Waals surface area contributed by atoms with Crippen LogP contribution in [0.25, 0.3) is 0 Å². The fourth-order valence-electron chi connectivity index (χ4n) is 6.92. The van der Waals surface area contributed by atoms with Crippen LogP contribution in [-0.4, -0.2) is 67.3 Å². The molecular formula is C32H42FN3O4Si. The molecule has 2 amide bonds. The lowest BCUT2D eigenvalue weighted by Gasteiger charge is -2.30. The van der Waals surface area contributed by atoms with Crippen molar-refractivity contribution in [2.75, 3.05) is 18.2 Å². The molecular weight excluding hydrogens is 537 g/mol. The van der Waals surface area contributed by atoms with Crippen molar-refractivity contribution < 1.29 is 23.5 Å². The van der Waals surface area contributed by atoms with Gasteiger partial charge in [-0.1, -0.05) is 49.4 Å². The molecule has 0 aromatic heterocycles. The van der Waals surface area contributed by atoms with E-state index >= 15 is 4.11 Å². The highest BCUT2D eigenvalue weighted by atomic mass is 28.4. The van der Waals surface area contributed by atoms with Crippen LogP contribution in [-0.2, 0) is 20.7 Å². The van der Waals surface area contributed by atoms with E-state index in [2.05, 4.69) is 12.0 Å². The summed E-state index contributed by atoms with van der Waals surface area (Å²) < 4.78 is 22.0. The van der Waals surface area contributed by atoms with Crippen LogP contribution in [0.1, 0.15) is 56.6 Å². The van der Waals surface area contributed by atoms with E-state index in [0.29, 0.717) is 19.4 Å². The molecule has 3 heterocycles. The average Bonchev–Trinajstić information content (AvgIpc) is 3.57. The first-order valence-corrected chi connectivity index (χ1v) is 17.9. The Hall–Kier alpha value is -2.88. The molecule has 2 aromatic rings. The Morgan fingerprint density at radius 2 is 1.83 bits per heavy atom. The summed E-state index contributed by atoms with van der Waals surface area (Å²) >= 11 is 0. The molecule has 0 aliphatic carbocycles. The van der Waals surface area contributed by atoms with E-state index in [1.165, 1.54) is 5.01 Å². The number of carbonyl (C=O) groups is 2. The first kappa shape index (κ1) is 29.6. The van der Waals surface area contributed by atoms with Gasteiger partial charge in [-0.2, -0.15) is 5.10 Å². The number of nitrogens with zero attached hydrogens (tertiary/aromatic N) is 3. The molecule has 0 unspecified atom stereocenters. The zero-order chi connectivity index (χ0) is 29.1. The van der Waals surface area contributed by atoms with Crippen molar-refractivity contribution >= 4 is 31.6 Å². The first-order chi connectivity index (χ1) is 19.7. The van der Waals surface area contributed by atoms with Crippen LogP contribution in [0.3, 0.4) is 0 Å². The monoisotopic (exact) mass is 579 g/mol. The smallest absolute Gasteiger partial charge is 0.247 e. The van der Waals surface area contributed by atoms with Gasteiger partial charge < -0.3 is 18.9 Å². The summed E-state index contributed by atoms with van der Waals surface area (Å²) in [7, 11) is -3.09. The van der Waals surface area contributed by atoms with Crippen LogP contribution in [0.4, 0.5) is 9.80 Å². The van der Waals surface area contributed by atoms with Gasteiger partial charge >= 0.3 is 0 Å². The topological polar surface area (TPSA) is 82.4 Å². The van der Waals surface area contributed by atoms with Gasteiger partial charge in [0.05, 0.1) is 42.7 Å². The fraction of sp³-hybridized carbons (Fsp3) is 0.531. The average molecular weight is 580 g/mol. The Morgan fingerprint density at radius 1 is 1.10 bits per heavy atom. The maximum absolute atomic E-state index is 15.5. The SMILES string of the molecule is C[C@H]1[C@H]([Si](C)(C)F)[C@@H](CC(=O)N2CCC[C@H]2CO)O[C@H]1CCc1ccc(N2N=C(c3ccccc3)CCC2=O)cc1. The van der Waals surface area contributed by atoms with Crippen LogP contribution in [0.5, 0.6) is 0 Å². The highest BCUT2D eigenvalue weighted by molar-refractivity contribution is 6.72. The van der Waals surface area contributed by atoms with Crippen molar-refractivity contribution in [1.29, 1.82) is 0 Å². The lowest BCUT2D eigenvalue weighted by Crippen LogP contribution is -2.42. The van der Waals surface area contributed by atoms with E-state index in [1.807, 2.05) is 54.6 Å². The van der Waals surface area contributed by atoms with Crippen molar-refractivity contribution in [1.82, 2.24) is 4.90 Å². The Kier molecular flexibility index (Phi) is 9.06. The zero-order valence-corrected chi connectivity index (χ0v) is 25.3. The van der Waals surface area contributed by atoms with E-state index in [4.69, 9.17) is 4.74 Å². The molecule has 5 atom stereocenters. The molecule has 220 valence electrons. The lowest BCUT2D eigenvalue weighted by atomic mass is 9.95. The van der Waals surface area contributed by atoms with E-state index in [9.17, 15) is 14.7 Å². The molecule has 7 nitrogen and oxygen atoms in total. The second-order valence-corrected chi connectivity index (χ2v) is 16.1. The van der Waals surface area contributed by atoms with Crippen molar-refractivity contribution in [3.63, 3.8) is 0 Å². The number of hydrogen-bond donors (Lipinski definition) is 1. The molecule has 0 bridgehead atoms. The number of hydrazone groups is 1. The standard InChI is InChI=1S/C32H42FN3O4Si/c1-22-28(40-29(32(22)41(2,3)33)20-31(39)35-19-7-10-26(35)21-37)17-13-23-11-14-25(15-12-23)36-30(38)18-16-27(34-36)24-8-5-4-6-9-24/h4-6,8-9,11-12,14-15,22,26,28-29,32,37H,7,10,13,16-21H2,1-3H3/t22-,26+,28+,29-,32+/m1/s1. The van der Waals surface area contributed by atoms with Crippen LogP contribution in [0.15, 0.2) is 59.7 Å². The van der Waals surface area contributed by atoms with Gasteiger partial charge in [0.2, 0.25) is 20.2 Å². The molecule has 1 N–H and O–H groups in total. The Balaban J connectivity index is 1.23. The number of amides is 2. The highest BCUT2D eigenvalue weighted by Gasteiger charge is 2.52. The molecule has 0 radical (unpaired) electrons. The van der Waals surface area contributed by atoms with Gasteiger partial charge in [0, 0.05) is 24.9 Å². The van der Waals surface area contributed by atoms with Crippen LogP contribution >= 0.6 is 0 Å². The molecule has 2 fully saturated rings. The van der Waals surface area contributed by atoms with Gasteiger partial charge in [-0.15, -0.1) is 0 Å². The number of rotatable bonds is 9. The van der Waals surface area contributed by atoms with Crippen LogP contribution < -0.4 is 5.01 Å². The molecule has 3 aliphatic heterocycles. The molecule has 9 heteroatoms. The second kappa shape index (κ2) is 12.5.